The summed E-state index contributed by atoms with van der Waals surface area (Å²) in [4.78, 5) is 29.2. The summed E-state index contributed by atoms with van der Waals surface area (Å²) in [5, 5.41) is 0. The summed E-state index contributed by atoms with van der Waals surface area (Å²) >= 11 is 0. The van der Waals surface area contributed by atoms with E-state index in [1.54, 1.807) is 6.92 Å². The largest absolute Gasteiger partial charge is 0.442 e. The van der Waals surface area contributed by atoms with Crippen LogP contribution in [0.15, 0.2) is 50.9 Å². The SMILES string of the molecule is Cc1nc2c(c(=O)o1)C(c1ccccc1)C1=C(CCCC1=O)O2. The first-order valence-electron chi connectivity index (χ1n) is 7.66. The number of ketones is 1. The molecule has 23 heavy (non-hydrogen) atoms. The van der Waals surface area contributed by atoms with Crippen molar-refractivity contribution < 1.29 is 13.9 Å². The highest BCUT2D eigenvalue weighted by atomic mass is 16.5. The number of carbonyl (C=O) groups is 1. The van der Waals surface area contributed by atoms with Crippen LogP contribution in [0.25, 0.3) is 0 Å². The molecule has 5 nitrogen and oxygen atoms in total. The van der Waals surface area contributed by atoms with Gasteiger partial charge in [0.1, 0.15) is 11.3 Å². The van der Waals surface area contributed by atoms with Gasteiger partial charge in [-0.05, 0) is 12.0 Å². The first-order chi connectivity index (χ1) is 11.1. The third kappa shape index (κ3) is 2.20. The zero-order chi connectivity index (χ0) is 16.0. The molecule has 1 aliphatic carbocycles. The number of fused-ring (bicyclic) bond motifs is 1. The van der Waals surface area contributed by atoms with Gasteiger partial charge in [-0.3, -0.25) is 4.79 Å². The number of Topliss-reactive ketones (excluding diaryl/α,β-unsaturated/α-hetero) is 1. The Kier molecular flexibility index (Phi) is 3.15. The van der Waals surface area contributed by atoms with Crippen molar-refractivity contribution in [1.29, 1.82) is 0 Å². The van der Waals surface area contributed by atoms with Gasteiger partial charge in [0.05, 0.1) is 5.92 Å². The molecular weight excluding hydrogens is 294 g/mol. The van der Waals surface area contributed by atoms with Crippen LogP contribution in [-0.2, 0) is 4.79 Å². The third-order valence-electron chi connectivity index (χ3n) is 4.29. The fraction of sp³-hybridized carbons (Fsp3) is 0.278. The predicted molar refractivity (Wildman–Crippen MR) is 82.3 cm³/mol. The summed E-state index contributed by atoms with van der Waals surface area (Å²) in [5.74, 6) is 0.728. The second-order valence-electron chi connectivity index (χ2n) is 5.80. The van der Waals surface area contributed by atoms with E-state index in [-0.39, 0.29) is 17.6 Å². The van der Waals surface area contributed by atoms with Crippen LogP contribution in [0.2, 0.25) is 0 Å². The molecule has 2 aromatic rings. The highest BCUT2D eigenvalue weighted by molar-refractivity contribution is 5.99. The molecule has 1 atom stereocenters. The number of aromatic nitrogens is 1. The molecule has 5 heteroatoms. The Balaban J connectivity index is 2.01. The number of ether oxygens (including phenoxy) is 1. The fourth-order valence-electron chi connectivity index (χ4n) is 3.32. The van der Waals surface area contributed by atoms with Gasteiger partial charge >= 0.3 is 5.63 Å². The molecule has 0 fully saturated rings. The average molecular weight is 309 g/mol. The molecule has 1 unspecified atom stereocenters. The van der Waals surface area contributed by atoms with E-state index < -0.39 is 11.5 Å². The van der Waals surface area contributed by atoms with Crippen LogP contribution in [0.5, 0.6) is 5.88 Å². The van der Waals surface area contributed by atoms with E-state index in [9.17, 15) is 9.59 Å². The highest BCUT2D eigenvalue weighted by Crippen LogP contribution is 2.44. The number of hydrogen-bond donors (Lipinski definition) is 0. The Hall–Kier alpha value is -2.69. The Morgan fingerprint density at radius 2 is 1.91 bits per heavy atom. The zero-order valence-corrected chi connectivity index (χ0v) is 12.7. The second-order valence-corrected chi connectivity index (χ2v) is 5.80. The Morgan fingerprint density at radius 1 is 1.13 bits per heavy atom. The molecule has 1 aromatic heterocycles. The molecule has 1 aromatic carbocycles. The van der Waals surface area contributed by atoms with Gasteiger partial charge < -0.3 is 9.15 Å². The molecule has 0 spiro atoms. The molecule has 2 aliphatic rings. The standard InChI is InChI=1S/C18H15NO4/c1-10-19-17-16(18(21)22-10)14(11-6-3-2-4-7-11)15-12(20)8-5-9-13(15)23-17/h2-4,6-7,14H,5,8-9H2,1H3. The maximum Gasteiger partial charge on any atom is 0.346 e. The number of benzene rings is 1. The van der Waals surface area contributed by atoms with E-state index in [2.05, 4.69) is 4.98 Å². The quantitative estimate of drug-likeness (QED) is 0.810. The van der Waals surface area contributed by atoms with Gasteiger partial charge in [-0.25, -0.2) is 4.79 Å². The van der Waals surface area contributed by atoms with Crippen molar-refractivity contribution in [2.24, 2.45) is 0 Å². The minimum atomic E-state index is -0.494. The molecule has 4 rings (SSSR count). The molecule has 0 N–H and O–H groups in total. The normalized spacial score (nSPS) is 19.9. The smallest absolute Gasteiger partial charge is 0.346 e. The van der Waals surface area contributed by atoms with Gasteiger partial charge in [-0.15, -0.1) is 0 Å². The van der Waals surface area contributed by atoms with Crippen LogP contribution in [-0.4, -0.2) is 10.8 Å². The van der Waals surface area contributed by atoms with Gasteiger partial charge in [-0.1, -0.05) is 30.3 Å². The first kappa shape index (κ1) is 13.9. The van der Waals surface area contributed by atoms with E-state index >= 15 is 0 Å². The van der Waals surface area contributed by atoms with Gasteiger partial charge in [0.25, 0.3) is 0 Å². The molecule has 0 saturated carbocycles. The van der Waals surface area contributed by atoms with Crippen LogP contribution in [0, 0.1) is 6.92 Å². The maximum atomic E-state index is 12.5. The molecule has 0 saturated heterocycles. The molecule has 0 amide bonds. The number of rotatable bonds is 1. The third-order valence-corrected chi connectivity index (χ3v) is 4.29. The van der Waals surface area contributed by atoms with Crippen LogP contribution >= 0.6 is 0 Å². The van der Waals surface area contributed by atoms with Crippen molar-refractivity contribution in [2.75, 3.05) is 0 Å². The van der Waals surface area contributed by atoms with Crippen LogP contribution < -0.4 is 10.4 Å². The summed E-state index contributed by atoms with van der Waals surface area (Å²) in [6, 6.07) is 9.50. The number of hydrogen-bond acceptors (Lipinski definition) is 5. The first-order valence-corrected chi connectivity index (χ1v) is 7.66. The number of nitrogens with zero attached hydrogens (tertiary/aromatic N) is 1. The molecule has 1 aliphatic heterocycles. The van der Waals surface area contributed by atoms with Crippen LogP contribution in [0.4, 0.5) is 0 Å². The number of carbonyl (C=O) groups excluding carboxylic acids is 1. The van der Waals surface area contributed by atoms with Crippen molar-refractivity contribution in [3.8, 4) is 5.88 Å². The lowest BCUT2D eigenvalue weighted by atomic mass is 9.78. The van der Waals surface area contributed by atoms with Crippen molar-refractivity contribution in [2.45, 2.75) is 32.1 Å². The van der Waals surface area contributed by atoms with Crippen LogP contribution in [0.3, 0.4) is 0 Å². The van der Waals surface area contributed by atoms with Gasteiger partial charge in [0, 0.05) is 25.3 Å². The van der Waals surface area contributed by atoms with E-state index in [4.69, 9.17) is 9.15 Å². The molecular formula is C18H15NO4. The summed E-state index contributed by atoms with van der Waals surface area (Å²) < 4.78 is 11.0. The summed E-state index contributed by atoms with van der Waals surface area (Å²) in [7, 11) is 0. The average Bonchev–Trinajstić information content (AvgIpc) is 2.54. The Bertz CT molecular complexity index is 880. The van der Waals surface area contributed by atoms with Crippen molar-refractivity contribution >= 4 is 5.78 Å². The summed E-state index contributed by atoms with van der Waals surface area (Å²) in [6.07, 6.45) is 1.92. The topological polar surface area (TPSA) is 69.4 Å². The minimum absolute atomic E-state index is 0.0331. The summed E-state index contributed by atoms with van der Waals surface area (Å²) in [6.45, 7) is 1.61. The lowest BCUT2D eigenvalue weighted by Gasteiger charge is -2.31. The van der Waals surface area contributed by atoms with E-state index in [1.165, 1.54) is 0 Å². The number of allylic oxidation sites excluding steroid dienone is 2. The molecule has 116 valence electrons. The van der Waals surface area contributed by atoms with E-state index in [1.807, 2.05) is 30.3 Å². The lowest BCUT2D eigenvalue weighted by Crippen LogP contribution is -2.30. The molecule has 2 heterocycles. The van der Waals surface area contributed by atoms with Crippen molar-refractivity contribution in [3.63, 3.8) is 0 Å². The maximum absolute atomic E-state index is 12.5. The van der Waals surface area contributed by atoms with Crippen molar-refractivity contribution in [1.82, 2.24) is 4.98 Å². The monoisotopic (exact) mass is 309 g/mol. The Morgan fingerprint density at radius 3 is 2.70 bits per heavy atom. The second kappa shape index (κ2) is 5.19. The van der Waals surface area contributed by atoms with Gasteiger partial charge in [-0.2, -0.15) is 4.98 Å². The predicted octanol–water partition coefficient (Wildman–Crippen LogP) is 2.87. The van der Waals surface area contributed by atoms with Crippen LogP contribution in [0.1, 0.15) is 42.2 Å². The van der Waals surface area contributed by atoms with E-state index in [0.29, 0.717) is 29.7 Å². The number of aryl methyl sites for hydroxylation is 1. The molecule has 0 radical (unpaired) electrons. The highest BCUT2D eigenvalue weighted by Gasteiger charge is 2.39. The van der Waals surface area contributed by atoms with E-state index in [0.717, 1.165) is 12.0 Å². The fourth-order valence-corrected chi connectivity index (χ4v) is 3.32. The Labute approximate surface area is 132 Å². The van der Waals surface area contributed by atoms with Gasteiger partial charge in [0.2, 0.25) is 5.88 Å². The van der Waals surface area contributed by atoms with Gasteiger partial charge in [0.15, 0.2) is 11.7 Å². The summed E-state index contributed by atoms with van der Waals surface area (Å²) in [5.41, 5.74) is 1.27. The zero-order valence-electron chi connectivity index (χ0n) is 12.7. The minimum Gasteiger partial charge on any atom is -0.442 e. The molecule has 0 bridgehead atoms. The van der Waals surface area contributed by atoms with Crippen molar-refractivity contribution in [3.05, 3.63) is 69.1 Å². The lowest BCUT2D eigenvalue weighted by molar-refractivity contribution is -0.116.